The van der Waals surface area contributed by atoms with Crippen LogP contribution in [0.25, 0.3) is 0 Å². The second kappa shape index (κ2) is 10.2. The van der Waals surface area contributed by atoms with Crippen LogP contribution >= 0.6 is 0 Å². The molecule has 1 aliphatic carbocycles. The molecule has 1 saturated heterocycles. The summed E-state index contributed by atoms with van der Waals surface area (Å²) in [6, 6.07) is 26.7. The van der Waals surface area contributed by atoms with Crippen LogP contribution in [0.3, 0.4) is 0 Å². The zero-order valence-corrected chi connectivity index (χ0v) is 19.2. The Labute approximate surface area is 197 Å². The predicted octanol–water partition coefficient (Wildman–Crippen LogP) is 6.32. The Morgan fingerprint density at radius 3 is 2.24 bits per heavy atom. The Hall–Kier alpha value is -3.11. The van der Waals surface area contributed by atoms with Crippen molar-refractivity contribution in [2.24, 2.45) is 5.92 Å². The average molecular weight is 440 g/mol. The molecule has 1 heterocycles. The van der Waals surface area contributed by atoms with Crippen molar-refractivity contribution in [3.63, 3.8) is 0 Å². The molecule has 2 aliphatic rings. The number of hydrogen-bond donors (Lipinski definition) is 2. The number of nitrogens with zero attached hydrogens (tertiary/aromatic N) is 1. The number of rotatable bonds is 5. The molecule has 3 aromatic rings. The van der Waals surface area contributed by atoms with Gasteiger partial charge in [-0.2, -0.15) is 0 Å². The second-order valence-corrected chi connectivity index (χ2v) is 9.52. The molecule has 0 bridgehead atoms. The Kier molecular flexibility index (Phi) is 6.73. The van der Waals surface area contributed by atoms with Gasteiger partial charge in [0.25, 0.3) is 0 Å². The van der Waals surface area contributed by atoms with Crippen molar-refractivity contribution in [2.75, 3.05) is 30.3 Å². The lowest BCUT2D eigenvalue weighted by Gasteiger charge is -2.36. The summed E-state index contributed by atoms with van der Waals surface area (Å²) >= 11 is 0. The lowest BCUT2D eigenvalue weighted by molar-refractivity contribution is 0.175. The summed E-state index contributed by atoms with van der Waals surface area (Å²) in [4.78, 5) is 15.0. The summed E-state index contributed by atoms with van der Waals surface area (Å²) in [5, 5.41) is 5.86. The van der Waals surface area contributed by atoms with E-state index in [0.29, 0.717) is 0 Å². The first-order valence-corrected chi connectivity index (χ1v) is 12.2. The van der Waals surface area contributed by atoms with Gasteiger partial charge in [0.05, 0.1) is 0 Å². The van der Waals surface area contributed by atoms with Crippen molar-refractivity contribution in [1.82, 2.24) is 4.90 Å². The number of anilines is 2. The smallest absolute Gasteiger partial charge is 0.308 e. The largest absolute Gasteiger partial charge is 0.323 e. The van der Waals surface area contributed by atoms with Crippen LogP contribution in [0.4, 0.5) is 16.2 Å². The van der Waals surface area contributed by atoms with Gasteiger partial charge >= 0.3 is 6.03 Å². The summed E-state index contributed by atoms with van der Waals surface area (Å²) in [6.45, 7) is 3.63. The molecule has 1 unspecified atom stereocenters. The molecule has 1 atom stereocenters. The van der Waals surface area contributed by atoms with E-state index in [2.05, 4.69) is 58.0 Å². The van der Waals surface area contributed by atoms with E-state index < -0.39 is 0 Å². The Morgan fingerprint density at radius 2 is 1.48 bits per heavy atom. The quantitative estimate of drug-likeness (QED) is 0.489. The number of aryl methyl sites for hydroxylation is 1. The maximum Gasteiger partial charge on any atom is 0.323 e. The molecule has 2 N–H and O–H groups in total. The first-order valence-electron chi connectivity index (χ1n) is 12.2. The topological polar surface area (TPSA) is 44.4 Å². The van der Waals surface area contributed by atoms with Crippen LogP contribution in [0.5, 0.6) is 0 Å². The van der Waals surface area contributed by atoms with E-state index in [1.54, 1.807) is 0 Å². The number of urea groups is 1. The summed E-state index contributed by atoms with van der Waals surface area (Å²) in [7, 11) is 0. The van der Waals surface area contributed by atoms with E-state index in [0.717, 1.165) is 36.1 Å². The molecular weight excluding hydrogens is 406 g/mol. The second-order valence-electron chi connectivity index (χ2n) is 9.52. The number of carbonyl (C=O) groups is 1. The monoisotopic (exact) mass is 439 g/mol. The fraction of sp³-hybridized carbons (Fsp3) is 0.345. The van der Waals surface area contributed by atoms with Gasteiger partial charge in [0.2, 0.25) is 0 Å². The van der Waals surface area contributed by atoms with Crippen LogP contribution in [-0.4, -0.2) is 30.6 Å². The fourth-order valence-corrected chi connectivity index (χ4v) is 5.42. The van der Waals surface area contributed by atoms with Crippen molar-refractivity contribution in [3.05, 3.63) is 95.6 Å². The van der Waals surface area contributed by atoms with Crippen molar-refractivity contribution >= 4 is 17.4 Å². The van der Waals surface area contributed by atoms with Crippen LogP contribution in [0, 0.1) is 5.92 Å². The van der Waals surface area contributed by atoms with E-state index in [1.165, 1.54) is 55.6 Å². The SMILES string of the molecule is O=C(Nc1ccccc1)Nc1ccc2c(c1)CCC(CN1CCC(c3ccccc3)CC1)C2. The van der Waals surface area contributed by atoms with E-state index in [1.807, 2.05) is 36.4 Å². The molecule has 170 valence electrons. The molecule has 0 aromatic heterocycles. The minimum atomic E-state index is -0.200. The van der Waals surface area contributed by atoms with Gasteiger partial charge in [-0.1, -0.05) is 54.6 Å². The van der Waals surface area contributed by atoms with Gasteiger partial charge in [-0.25, -0.2) is 4.79 Å². The summed E-state index contributed by atoms with van der Waals surface area (Å²) < 4.78 is 0. The van der Waals surface area contributed by atoms with E-state index in [4.69, 9.17) is 0 Å². The van der Waals surface area contributed by atoms with Crippen LogP contribution in [0.1, 0.15) is 41.9 Å². The molecule has 4 heteroatoms. The van der Waals surface area contributed by atoms with Crippen LogP contribution in [-0.2, 0) is 12.8 Å². The lowest BCUT2D eigenvalue weighted by atomic mass is 9.82. The summed E-state index contributed by atoms with van der Waals surface area (Å²) in [6.07, 6.45) is 6.01. The van der Waals surface area contributed by atoms with E-state index in [-0.39, 0.29) is 6.03 Å². The van der Waals surface area contributed by atoms with Crippen LogP contribution in [0.15, 0.2) is 78.9 Å². The van der Waals surface area contributed by atoms with Crippen molar-refractivity contribution in [3.8, 4) is 0 Å². The highest BCUT2D eigenvalue weighted by atomic mass is 16.2. The normalized spacial score (nSPS) is 19.0. The van der Waals surface area contributed by atoms with Crippen LogP contribution in [0.2, 0.25) is 0 Å². The fourth-order valence-electron chi connectivity index (χ4n) is 5.42. The zero-order valence-electron chi connectivity index (χ0n) is 19.2. The number of benzene rings is 3. The molecule has 0 radical (unpaired) electrons. The highest BCUT2D eigenvalue weighted by Crippen LogP contribution is 2.31. The minimum Gasteiger partial charge on any atom is -0.308 e. The molecule has 4 nitrogen and oxygen atoms in total. The number of likely N-dealkylation sites (tertiary alicyclic amines) is 1. The first kappa shape index (κ1) is 21.7. The molecule has 5 rings (SSSR count). The zero-order chi connectivity index (χ0) is 22.5. The molecule has 33 heavy (non-hydrogen) atoms. The Balaban J connectivity index is 1.11. The third kappa shape index (κ3) is 5.63. The number of carbonyl (C=O) groups excluding carboxylic acids is 1. The molecule has 3 aromatic carbocycles. The van der Waals surface area contributed by atoms with Crippen molar-refractivity contribution < 1.29 is 4.79 Å². The van der Waals surface area contributed by atoms with E-state index in [9.17, 15) is 4.79 Å². The summed E-state index contributed by atoms with van der Waals surface area (Å²) in [5.41, 5.74) is 5.99. The number of nitrogens with one attached hydrogen (secondary N) is 2. The Bertz CT molecular complexity index is 1060. The number of hydrogen-bond acceptors (Lipinski definition) is 2. The van der Waals surface area contributed by atoms with Gasteiger partial charge in [-0.15, -0.1) is 0 Å². The number of fused-ring (bicyclic) bond motifs is 1. The molecule has 2 amide bonds. The van der Waals surface area contributed by atoms with Gasteiger partial charge in [-0.05, 0) is 98.0 Å². The third-order valence-electron chi connectivity index (χ3n) is 7.20. The minimum absolute atomic E-state index is 0.200. The molecule has 1 fully saturated rings. The van der Waals surface area contributed by atoms with Gasteiger partial charge in [0.15, 0.2) is 0 Å². The molecule has 0 saturated carbocycles. The molecule has 1 aliphatic heterocycles. The number of amides is 2. The third-order valence-corrected chi connectivity index (χ3v) is 7.20. The predicted molar refractivity (Wildman–Crippen MR) is 136 cm³/mol. The Morgan fingerprint density at radius 1 is 0.788 bits per heavy atom. The van der Waals surface area contributed by atoms with Crippen molar-refractivity contribution in [1.29, 1.82) is 0 Å². The highest BCUT2D eigenvalue weighted by molar-refractivity contribution is 5.99. The molecule has 0 spiro atoms. The molecular formula is C29H33N3O. The van der Waals surface area contributed by atoms with Crippen molar-refractivity contribution in [2.45, 2.75) is 38.0 Å². The number of para-hydroxylation sites is 1. The summed E-state index contributed by atoms with van der Waals surface area (Å²) in [5.74, 6) is 1.45. The average Bonchev–Trinajstić information content (AvgIpc) is 2.86. The maximum atomic E-state index is 12.3. The van der Waals surface area contributed by atoms with Crippen LogP contribution < -0.4 is 10.6 Å². The lowest BCUT2D eigenvalue weighted by Crippen LogP contribution is -2.38. The highest BCUT2D eigenvalue weighted by Gasteiger charge is 2.25. The standard InChI is InChI=1S/C29H33N3O/c33-29(30-27-9-5-2-6-10-27)31-28-14-13-25-19-22(11-12-26(25)20-28)21-32-17-15-24(16-18-32)23-7-3-1-4-8-23/h1-10,13-14,20,22,24H,11-12,15-19,21H2,(H2,30,31,33). The van der Waals surface area contributed by atoms with Gasteiger partial charge in [0.1, 0.15) is 0 Å². The first-order chi connectivity index (χ1) is 16.2. The van der Waals surface area contributed by atoms with Gasteiger partial charge in [-0.3, -0.25) is 0 Å². The van der Waals surface area contributed by atoms with Gasteiger partial charge in [0, 0.05) is 17.9 Å². The number of piperidine rings is 1. The van der Waals surface area contributed by atoms with Gasteiger partial charge < -0.3 is 15.5 Å². The maximum absolute atomic E-state index is 12.3. The van der Waals surface area contributed by atoms with E-state index >= 15 is 0 Å².